The first-order chi connectivity index (χ1) is 12.0. The van der Waals surface area contributed by atoms with Crippen LogP contribution in [0, 0.1) is 6.92 Å². The number of carbonyl (C=O) groups is 2. The van der Waals surface area contributed by atoms with Gasteiger partial charge in [0.05, 0.1) is 25.3 Å². The van der Waals surface area contributed by atoms with Crippen LogP contribution in [-0.4, -0.2) is 44.1 Å². The molecule has 0 unspecified atom stereocenters. The van der Waals surface area contributed by atoms with Crippen LogP contribution in [0.15, 0.2) is 0 Å². The van der Waals surface area contributed by atoms with Crippen LogP contribution in [0.5, 0.6) is 0 Å². The lowest BCUT2D eigenvalue weighted by atomic mass is 9.82. The minimum Gasteiger partial charge on any atom is -0.465 e. The molecular weight excluding hydrogens is 318 g/mol. The molecular formula is C20H29NO4. The highest BCUT2D eigenvalue weighted by Gasteiger charge is 2.31. The number of ether oxygens (including phenoxy) is 2. The molecule has 0 radical (unpaired) electrons. The number of fused-ring (bicyclic) bond motifs is 1. The fourth-order valence-corrected chi connectivity index (χ4v) is 3.80. The summed E-state index contributed by atoms with van der Waals surface area (Å²) >= 11 is 0. The van der Waals surface area contributed by atoms with Crippen LogP contribution in [0.4, 0.5) is 0 Å². The van der Waals surface area contributed by atoms with Gasteiger partial charge in [-0.2, -0.15) is 0 Å². The van der Waals surface area contributed by atoms with Gasteiger partial charge in [-0.3, -0.25) is 4.90 Å². The molecule has 1 aliphatic heterocycles. The Morgan fingerprint density at radius 1 is 1.04 bits per heavy atom. The molecule has 1 aromatic carbocycles. The van der Waals surface area contributed by atoms with E-state index in [4.69, 9.17) is 9.47 Å². The van der Waals surface area contributed by atoms with E-state index in [2.05, 4.69) is 11.8 Å². The third kappa shape index (κ3) is 3.71. The average molecular weight is 347 g/mol. The summed E-state index contributed by atoms with van der Waals surface area (Å²) in [6.07, 6.45) is 3.90. The van der Waals surface area contributed by atoms with Crippen molar-refractivity contribution in [2.45, 2.75) is 53.0 Å². The quantitative estimate of drug-likeness (QED) is 0.739. The van der Waals surface area contributed by atoms with Crippen molar-refractivity contribution in [3.8, 4) is 0 Å². The van der Waals surface area contributed by atoms with E-state index in [1.54, 1.807) is 0 Å². The first-order valence-corrected chi connectivity index (χ1v) is 9.06. The minimum absolute atomic E-state index is 0.368. The molecule has 25 heavy (non-hydrogen) atoms. The molecule has 5 nitrogen and oxygen atoms in total. The van der Waals surface area contributed by atoms with Gasteiger partial charge in [0, 0.05) is 13.1 Å². The van der Waals surface area contributed by atoms with Crippen LogP contribution < -0.4 is 0 Å². The molecule has 1 heterocycles. The second kappa shape index (κ2) is 8.48. The molecule has 0 amide bonds. The average Bonchev–Trinajstić information content (AvgIpc) is 2.64. The van der Waals surface area contributed by atoms with Crippen molar-refractivity contribution < 1.29 is 19.1 Å². The van der Waals surface area contributed by atoms with Gasteiger partial charge in [0.15, 0.2) is 0 Å². The molecule has 0 bridgehead atoms. The zero-order chi connectivity index (χ0) is 18.6. The molecule has 0 fully saturated rings. The predicted octanol–water partition coefficient (Wildman–Crippen LogP) is 3.29. The van der Waals surface area contributed by atoms with Gasteiger partial charge in [0.2, 0.25) is 0 Å². The summed E-state index contributed by atoms with van der Waals surface area (Å²) in [7, 11) is 2.70. The van der Waals surface area contributed by atoms with Crippen molar-refractivity contribution in [2.75, 3.05) is 27.3 Å². The van der Waals surface area contributed by atoms with Crippen LogP contribution in [0.25, 0.3) is 0 Å². The van der Waals surface area contributed by atoms with E-state index in [0.29, 0.717) is 17.5 Å². The largest absolute Gasteiger partial charge is 0.465 e. The fraction of sp³-hybridized carbons (Fsp3) is 0.600. The number of esters is 2. The number of carbonyl (C=O) groups excluding carboxylic acids is 2. The van der Waals surface area contributed by atoms with Gasteiger partial charge in [0.1, 0.15) is 0 Å². The molecule has 0 aromatic heterocycles. The molecule has 1 aliphatic rings. The molecule has 5 heteroatoms. The summed E-state index contributed by atoms with van der Waals surface area (Å²) in [5.74, 6) is -0.933. The summed E-state index contributed by atoms with van der Waals surface area (Å²) in [5.41, 5.74) is 4.91. The fourth-order valence-electron chi connectivity index (χ4n) is 3.80. The van der Waals surface area contributed by atoms with Crippen molar-refractivity contribution in [3.05, 3.63) is 33.4 Å². The van der Waals surface area contributed by atoms with Crippen LogP contribution in [0.1, 0.15) is 69.7 Å². The first kappa shape index (κ1) is 19.4. The lowest BCUT2D eigenvalue weighted by Gasteiger charge is -2.33. The van der Waals surface area contributed by atoms with Gasteiger partial charge in [0.25, 0.3) is 0 Å². The van der Waals surface area contributed by atoms with E-state index in [-0.39, 0.29) is 0 Å². The van der Waals surface area contributed by atoms with E-state index >= 15 is 0 Å². The summed E-state index contributed by atoms with van der Waals surface area (Å²) in [6.45, 7) is 8.99. The topological polar surface area (TPSA) is 55.8 Å². The molecule has 0 aliphatic carbocycles. The number of nitrogens with zero attached hydrogens (tertiary/aromatic N) is 1. The van der Waals surface area contributed by atoms with E-state index in [1.165, 1.54) is 31.8 Å². The summed E-state index contributed by atoms with van der Waals surface area (Å²) in [6, 6.07) is 0. The molecule has 0 atom stereocenters. The highest BCUT2D eigenvalue weighted by molar-refractivity contribution is 6.06. The summed E-state index contributed by atoms with van der Waals surface area (Å²) in [4.78, 5) is 27.3. The Bertz CT molecular complexity index is 666. The Labute approximate surface area is 150 Å². The van der Waals surface area contributed by atoms with Crippen molar-refractivity contribution >= 4 is 11.9 Å². The van der Waals surface area contributed by atoms with Crippen molar-refractivity contribution in [3.63, 3.8) is 0 Å². The smallest absolute Gasteiger partial charge is 0.339 e. The minimum atomic E-state index is -0.469. The molecule has 0 N–H and O–H groups in total. The number of benzene rings is 1. The summed E-state index contributed by atoms with van der Waals surface area (Å²) < 4.78 is 9.95. The van der Waals surface area contributed by atoms with Gasteiger partial charge >= 0.3 is 11.9 Å². The Hall–Kier alpha value is -1.88. The highest BCUT2D eigenvalue weighted by atomic mass is 16.5. The van der Waals surface area contributed by atoms with Crippen molar-refractivity contribution in [1.29, 1.82) is 0 Å². The zero-order valence-corrected chi connectivity index (χ0v) is 16.0. The Morgan fingerprint density at radius 2 is 1.68 bits per heavy atom. The van der Waals surface area contributed by atoms with Crippen LogP contribution in [0.2, 0.25) is 0 Å². The second-order valence-electron chi connectivity index (χ2n) is 6.53. The first-order valence-electron chi connectivity index (χ1n) is 9.06. The van der Waals surface area contributed by atoms with Crippen LogP contribution in [0.3, 0.4) is 0 Å². The maximum atomic E-state index is 12.5. The van der Waals surface area contributed by atoms with Gasteiger partial charge in [-0.05, 0) is 55.0 Å². The number of hydrogen-bond donors (Lipinski definition) is 0. The summed E-state index contributed by atoms with van der Waals surface area (Å²) in [5, 5.41) is 0. The zero-order valence-electron chi connectivity index (χ0n) is 16.0. The van der Waals surface area contributed by atoms with Gasteiger partial charge in [-0.15, -0.1) is 0 Å². The normalized spacial score (nSPS) is 14.1. The lowest BCUT2D eigenvalue weighted by Crippen LogP contribution is -2.34. The van der Waals surface area contributed by atoms with E-state index in [0.717, 1.165) is 43.6 Å². The molecule has 138 valence electrons. The number of unbranched alkanes of at least 4 members (excludes halogenated alkanes) is 1. The van der Waals surface area contributed by atoms with Crippen molar-refractivity contribution in [1.82, 2.24) is 4.90 Å². The van der Waals surface area contributed by atoms with Gasteiger partial charge in [-0.25, -0.2) is 9.59 Å². The number of hydrogen-bond acceptors (Lipinski definition) is 5. The standard InChI is InChI=1S/C20H29NO4/c1-6-8-10-21-11-9-15-13(3)17(19(22)24-4)18(20(23)25-5)14(7-2)16(15)12-21/h6-12H2,1-5H3. The number of methoxy groups -OCH3 is 2. The molecule has 0 saturated carbocycles. The SMILES string of the molecule is CCCCN1CCc2c(C)c(C(=O)OC)c(C(=O)OC)c(CC)c2C1. The Kier molecular flexibility index (Phi) is 6.59. The van der Waals surface area contributed by atoms with Gasteiger partial charge in [-0.1, -0.05) is 20.3 Å². The van der Waals surface area contributed by atoms with Crippen molar-refractivity contribution in [2.24, 2.45) is 0 Å². The molecule has 0 spiro atoms. The lowest BCUT2D eigenvalue weighted by molar-refractivity contribution is 0.0552. The predicted molar refractivity (Wildman–Crippen MR) is 97.1 cm³/mol. The maximum absolute atomic E-state index is 12.5. The molecule has 1 aromatic rings. The molecule has 0 saturated heterocycles. The number of rotatable bonds is 6. The monoisotopic (exact) mass is 347 g/mol. The van der Waals surface area contributed by atoms with Crippen LogP contribution >= 0.6 is 0 Å². The van der Waals surface area contributed by atoms with Gasteiger partial charge < -0.3 is 9.47 Å². The second-order valence-corrected chi connectivity index (χ2v) is 6.53. The van der Waals surface area contributed by atoms with E-state index in [9.17, 15) is 9.59 Å². The Balaban J connectivity index is 2.64. The van der Waals surface area contributed by atoms with Crippen LogP contribution in [-0.2, 0) is 28.9 Å². The van der Waals surface area contributed by atoms with E-state index < -0.39 is 11.9 Å². The molecule has 2 rings (SSSR count). The highest BCUT2D eigenvalue weighted by Crippen LogP contribution is 2.33. The van der Waals surface area contributed by atoms with E-state index in [1.807, 2.05) is 13.8 Å². The maximum Gasteiger partial charge on any atom is 0.339 e. The third-order valence-corrected chi connectivity index (χ3v) is 5.13. The third-order valence-electron chi connectivity index (χ3n) is 5.13. The Morgan fingerprint density at radius 3 is 2.24 bits per heavy atom.